The molecule has 0 aliphatic carbocycles. The largest absolute Gasteiger partial charge is 0.493 e. The van der Waals surface area contributed by atoms with E-state index in [2.05, 4.69) is 22.6 Å². The second-order valence-corrected chi connectivity index (χ2v) is 3.51. The molecule has 0 saturated heterocycles. The van der Waals surface area contributed by atoms with Crippen molar-refractivity contribution < 1.29 is 14.3 Å². The van der Waals surface area contributed by atoms with Gasteiger partial charge in [0.25, 0.3) is 0 Å². The number of rotatable bonds is 3. The van der Waals surface area contributed by atoms with Crippen molar-refractivity contribution in [1.29, 1.82) is 0 Å². The van der Waals surface area contributed by atoms with Crippen molar-refractivity contribution in [3.63, 3.8) is 0 Å². The van der Waals surface area contributed by atoms with Gasteiger partial charge in [0.05, 0.1) is 14.2 Å². The maximum Gasteiger partial charge on any atom is 0.161 e. The van der Waals surface area contributed by atoms with Gasteiger partial charge in [0.2, 0.25) is 0 Å². The number of benzene rings is 1. The zero-order valence-electron chi connectivity index (χ0n) is 7.33. The zero-order chi connectivity index (χ0) is 9.84. The van der Waals surface area contributed by atoms with Crippen LogP contribution < -0.4 is 9.47 Å². The highest BCUT2D eigenvalue weighted by Crippen LogP contribution is 2.30. The second-order valence-electron chi connectivity index (χ2n) is 2.35. The molecule has 4 heteroatoms. The molecule has 1 aromatic carbocycles. The first-order valence-corrected chi connectivity index (χ1v) is 4.67. The lowest BCUT2D eigenvalue weighted by Gasteiger charge is -2.08. The molecule has 70 valence electrons. The zero-order valence-corrected chi connectivity index (χ0v) is 9.49. The third-order valence-corrected chi connectivity index (χ3v) is 2.56. The van der Waals surface area contributed by atoms with Crippen LogP contribution >= 0.6 is 22.6 Å². The lowest BCUT2D eigenvalue weighted by atomic mass is 10.2. The molecule has 0 unspecified atom stereocenters. The quantitative estimate of drug-likeness (QED) is 0.632. The Morgan fingerprint density at radius 3 is 2.23 bits per heavy atom. The summed E-state index contributed by atoms with van der Waals surface area (Å²) in [5, 5.41) is 0. The predicted molar refractivity (Wildman–Crippen MR) is 57.7 cm³/mol. The standard InChI is InChI=1S/C9H9IO3/c1-12-8-3-6(5-11)7(10)4-9(8)13-2/h3-5H,1-2H3. The van der Waals surface area contributed by atoms with Crippen molar-refractivity contribution in [2.75, 3.05) is 14.2 Å². The van der Waals surface area contributed by atoms with Gasteiger partial charge in [-0.2, -0.15) is 0 Å². The maximum absolute atomic E-state index is 10.6. The molecule has 0 aliphatic rings. The van der Waals surface area contributed by atoms with Gasteiger partial charge in [0, 0.05) is 9.13 Å². The third kappa shape index (κ3) is 2.12. The number of methoxy groups -OCH3 is 2. The van der Waals surface area contributed by atoms with Crippen molar-refractivity contribution in [1.82, 2.24) is 0 Å². The van der Waals surface area contributed by atoms with Gasteiger partial charge in [-0.1, -0.05) is 0 Å². The predicted octanol–water partition coefficient (Wildman–Crippen LogP) is 2.12. The van der Waals surface area contributed by atoms with Gasteiger partial charge in [-0.15, -0.1) is 0 Å². The average molecular weight is 292 g/mol. The molecule has 0 saturated carbocycles. The van der Waals surface area contributed by atoms with E-state index < -0.39 is 0 Å². The van der Waals surface area contributed by atoms with Gasteiger partial charge in [0.1, 0.15) is 0 Å². The summed E-state index contributed by atoms with van der Waals surface area (Å²) in [4.78, 5) is 10.6. The first-order valence-electron chi connectivity index (χ1n) is 3.59. The van der Waals surface area contributed by atoms with Gasteiger partial charge in [0.15, 0.2) is 17.8 Å². The molecule has 0 aromatic heterocycles. The van der Waals surface area contributed by atoms with E-state index >= 15 is 0 Å². The van der Waals surface area contributed by atoms with E-state index in [0.717, 1.165) is 9.86 Å². The molecule has 3 nitrogen and oxygen atoms in total. The fourth-order valence-electron chi connectivity index (χ4n) is 0.960. The highest BCUT2D eigenvalue weighted by Gasteiger charge is 2.07. The molecule has 0 aliphatic heterocycles. The topological polar surface area (TPSA) is 35.5 Å². The number of halogens is 1. The Morgan fingerprint density at radius 2 is 1.77 bits per heavy atom. The van der Waals surface area contributed by atoms with E-state index in [1.54, 1.807) is 26.4 Å². The molecule has 0 radical (unpaired) electrons. The fourth-order valence-corrected chi connectivity index (χ4v) is 1.53. The van der Waals surface area contributed by atoms with Gasteiger partial charge < -0.3 is 9.47 Å². The highest BCUT2D eigenvalue weighted by molar-refractivity contribution is 14.1. The van der Waals surface area contributed by atoms with Crippen LogP contribution in [0.4, 0.5) is 0 Å². The summed E-state index contributed by atoms with van der Waals surface area (Å²) < 4.78 is 11.0. The third-order valence-electron chi connectivity index (χ3n) is 1.63. The molecule has 1 rings (SSSR count). The normalized spacial score (nSPS) is 9.46. The molecule has 13 heavy (non-hydrogen) atoms. The Kier molecular flexibility index (Phi) is 3.53. The summed E-state index contributed by atoms with van der Waals surface area (Å²) in [6, 6.07) is 3.43. The fraction of sp³-hybridized carbons (Fsp3) is 0.222. The molecule has 0 spiro atoms. The Bertz CT molecular complexity index is 323. The Labute approximate surface area is 90.2 Å². The van der Waals surface area contributed by atoms with E-state index in [1.165, 1.54) is 0 Å². The molecule has 0 fully saturated rings. The molecule has 0 atom stereocenters. The SMILES string of the molecule is COc1cc(I)c(C=O)cc1OC. The van der Waals surface area contributed by atoms with Crippen LogP contribution in [0, 0.1) is 3.57 Å². The lowest BCUT2D eigenvalue weighted by Crippen LogP contribution is -1.94. The molecule has 0 bridgehead atoms. The Morgan fingerprint density at radius 1 is 1.23 bits per heavy atom. The van der Waals surface area contributed by atoms with Crippen molar-refractivity contribution in [3.05, 3.63) is 21.3 Å². The van der Waals surface area contributed by atoms with Crippen LogP contribution in [0.15, 0.2) is 12.1 Å². The summed E-state index contributed by atoms with van der Waals surface area (Å²) in [6.07, 6.45) is 0.795. The number of hydrogen-bond acceptors (Lipinski definition) is 3. The van der Waals surface area contributed by atoms with Gasteiger partial charge >= 0.3 is 0 Å². The summed E-state index contributed by atoms with van der Waals surface area (Å²) in [5.41, 5.74) is 0.609. The number of hydrogen-bond donors (Lipinski definition) is 0. The molecule has 0 amide bonds. The smallest absolute Gasteiger partial charge is 0.161 e. The molecular formula is C9H9IO3. The minimum Gasteiger partial charge on any atom is -0.493 e. The first-order chi connectivity index (χ1) is 6.22. The second kappa shape index (κ2) is 4.45. The van der Waals surface area contributed by atoms with Crippen molar-refractivity contribution in [2.45, 2.75) is 0 Å². The van der Waals surface area contributed by atoms with Crippen LogP contribution in [0.25, 0.3) is 0 Å². The summed E-state index contributed by atoms with van der Waals surface area (Å²) in [7, 11) is 3.10. The summed E-state index contributed by atoms with van der Waals surface area (Å²) in [5.74, 6) is 1.21. The summed E-state index contributed by atoms with van der Waals surface area (Å²) in [6.45, 7) is 0. The maximum atomic E-state index is 10.6. The Hall–Kier alpha value is -0.780. The average Bonchev–Trinajstić information content (AvgIpc) is 2.17. The highest BCUT2D eigenvalue weighted by atomic mass is 127. The van der Waals surface area contributed by atoms with E-state index in [9.17, 15) is 4.79 Å². The Balaban J connectivity index is 3.26. The lowest BCUT2D eigenvalue weighted by molar-refractivity contribution is 0.112. The van der Waals surface area contributed by atoms with Gasteiger partial charge in [-0.25, -0.2) is 0 Å². The molecule has 0 N–H and O–H groups in total. The number of carbonyl (C=O) groups is 1. The van der Waals surface area contributed by atoms with Crippen LogP contribution in [0.1, 0.15) is 10.4 Å². The van der Waals surface area contributed by atoms with Crippen LogP contribution in [0.3, 0.4) is 0 Å². The van der Waals surface area contributed by atoms with Crippen LogP contribution in [0.2, 0.25) is 0 Å². The minimum atomic E-state index is 0.574. The van der Waals surface area contributed by atoms with E-state index in [4.69, 9.17) is 9.47 Å². The van der Waals surface area contributed by atoms with Crippen molar-refractivity contribution in [2.24, 2.45) is 0 Å². The van der Waals surface area contributed by atoms with Crippen molar-refractivity contribution >= 4 is 28.9 Å². The van der Waals surface area contributed by atoms with E-state index in [-0.39, 0.29) is 0 Å². The van der Waals surface area contributed by atoms with Crippen LogP contribution in [0.5, 0.6) is 11.5 Å². The van der Waals surface area contributed by atoms with Crippen molar-refractivity contribution in [3.8, 4) is 11.5 Å². The molecule has 1 aromatic rings. The van der Waals surface area contributed by atoms with Gasteiger partial charge in [-0.05, 0) is 34.7 Å². The van der Waals surface area contributed by atoms with Crippen LogP contribution in [-0.2, 0) is 0 Å². The van der Waals surface area contributed by atoms with E-state index in [0.29, 0.717) is 17.1 Å². The first kappa shape index (κ1) is 10.3. The number of aldehydes is 1. The monoisotopic (exact) mass is 292 g/mol. The summed E-state index contributed by atoms with van der Waals surface area (Å²) >= 11 is 2.08. The number of ether oxygens (including phenoxy) is 2. The number of carbonyl (C=O) groups excluding carboxylic acids is 1. The van der Waals surface area contributed by atoms with E-state index in [1.807, 2.05) is 0 Å². The molecular weight excluding hydrogens is 283 g/mol. The van der Waals surface area contributed by atoms with Crippen LogP contribution in [-0.4, -0.2) is 20.5 Å². The minimum absolute atomic E-state index is 0.574. The molecule has 0 heterocycles. The van der Waals surface area contributed by atoms with Gasteiger partial charge in [-0.3, -0.25) is 4.79 Å².